The van der Waals surface area contributed by atoms with Crippen LogP contribution < -0.4 is 10.6 Å². The van der Waals surface area contributed by atoms with Crippen LogP contribution in [0.5, 0.6) is 0 Å². The van der Waals surface area contributed by atoms with Gasteiger partial charge in [-0.15, -0.1) is 0 Å². The topological polar surface area (TPSA) is 54.4 Å². The summed E-state index contributed by atoms with van der Waals surface area (Å²) in [4.78, 5) is 11.6. The third kappa shape index (κ3) is 3.22. The molecule has 0 aliphatic rings. The normalized spacial score (nSPS) is 12.9. The van der Waals surface area contributed by atoms with Gasteiger partial charge in [-0.2, -0.15) is 0 Å². The molecule has 2 rings (SSSR count). The van der Waals surface area contributed by atoms with E-state index in [2.05, 4.69) is 0 Å². The summed E-state index contributed by atoms with van der Waals surface area (Å²) in [5, 5.41) is 11.5. The van der Waals surface area contributed by atoms with Gasteiger partial charge in [-0.25, -0.2) is 0 Å². The van der Waals surface area contributed by atoms with Crippen molar-refractivity contribution in [3.05, 3.63) is 58.6 Å². The Morgan fingerprint density at radius 1 is 1.00 bits per heavy atom. The lowest BCUT2D eigenvalue weighted by Gasteiger charge is -2.25. The van der Waals surface area contributed by atoms with Gasteiger partial charge in [0.2, 0.25) is 0 Å². The highest BCUT2D eigenvalue weighted by molar-refractivity contribution is 7.80. The van der Waals surface area contributed by atoms with Crippen LogP contribution in [0.3, 0.4) is 0 Å². The Kier molecular flexibility index (Phi) is 5.33. The molecule has 2 aromatic carbocycles. The first-order valence-corrected chi connectivity index (χ1v) is 9.27. The molecule has 2 aromatic rings. The summed E-state index contributed by atoms with van der Waals surface area (Å²) in [6.07, 6.45) is 0.262. The first kappa shape index (κ1) is 17.1. The van der Waals surface area contributed by atoms with Gasteiger partial charge in [0.25, 0.3) is 0 Å². The van der Waals surface area contributed by atoms with Crippen LogP contribution >= 0.6 is 30.3 Å². The first-order valence-electron chi connectivity index (χ1n) is 6.74. The molecule has 0 fully saturated rings. The minimum Gasteiger partial charge on any atom is -0.481 e. The van der Waals surface area contributed by atoms with Gasteiger partial charge < -0.3 is 9.67 Å². The molecule has 0 aromatic heterocycles. The van der Waals surface area contributed by atoms with E-state index < -0.39 is 18.8 Å². The summed E-state index contributed by atoms with van der Waals surface area (Å²) >= 11 is 11.8. The Morgan fingerprint density at radius 3 is 1.64 bits per heavy atom. The molecule has 22 heavy (non-hydrogen) atoms. The molecular formula is C16H15Cl2O3P. The number of aliphatic carboxylic acids is 1. The second kappa shape index (κ2) is 6.87. The second-order valence-electron chi connectivity index (χ2n) is 4.87. The molecule has 0 heterocycles. The van der Waals surface area contributed by atoms with E-state index in [9.17, 15) is 14.5 Å². The van der Waals surface area contributed by atoms with Crippen LogP contribution in [-0.4, -0.2) is 16.7 Å². The molecule has 0 radical (unpaired) electrons. The minimum atomic E-state index is -3.35. The van der Waals surface area contributed by atoms with E-state index in [1.165, 1.54) is 0 Å². The summed E-state index contributed by atoms with van der Waals surface area (Å²) in [5.74, 6) is -1.07. The molecule has 0 saturated carbocycles. The van der Waals surface area contributed by atoms with Crippen molar-refractivity contribution in [1.82, 2.24) is 0 Å². The monoisotopic (exact) mass is 356 g/mol. The van der Waals surface area contributed by atoms with Gasteiger partial charge in [0.05, 0.1) is 0 Å². The minimum absolute atomic E-state index is 0.262. The van der Waals surface area contributed by atoms with E-state index in [1.54, 1.807) is 55.5 Å². The number of carboxylic acids is 1. The van der Waals surface area contributed by atoms with Crippen molar-refractivity contribution in [2.45, 2.75) is 19.0 Å². The third-order valence-corrected chi connectivity index (χ3v) is 7.63. The van der Waals surface area contributed by atoms with Crippen molar-refractivity contribution < 1.29 is 14.5 Å². The van der Waals surface area contributed by atoms with E-state index in [0.29, 0.717) is 20.7 Å². The fraction of sp³-hybridized carbons (Fsp3) is 0.188. The van der Waals surface area contributed by atoms with Crippen LogP contribution in [0.4, 0.5) is 0 Å². The maximum absolute atomic E-state index is 13.7. The fourth-order valence-corrected chi connectivity index (χ4v) is 5.70. The predicted octanol–water partition coefficient (Wildman–Crippen LogP) is 4.17. The average Bonchev–Trinajstić information content (AvgIpc) is 2.48. The van der Waals surface area contributed by atoms with E-state index in [4.69, 9.17) is 23.2 Å². The third-order valence-electron chi connectivity index (χ3n) is 3.53. The number of halogens is 2. The van der Waals surface area contributed by atoms with Crippen LogP contribution in [-0.2, 0) is 9.36 Å². The Morgan fingerprint density at radius 2 is 1.36 bits per heavy atom. The molecule has 0 aliphatic heterocycles. The Labute approximate surface area is 139 Å². The average molecular weight is 357 g/mol. The number of hydrogen-bond acceptors (Lipinski definition) is 2. The molecule has 6 heteroatoms. The largest absolute Gasteiger partial charge is 0.481 e. The van der Waals surface area contributed by atoms with Crippen LogP contribution in [0.25, 0.3) is 0 Å². The summed E-state index contributed by atoms with van der Waals surface area (Å²) in [7, 11) is -3.35. The Bertz CT molecular complexity index is 662. The highest BCUT2D eigenvalue weighted by atomic mass is 35.5. The zero-order valence-corrected chi connectivity index (χ0v) is 14.3. The van der Waals surface area contributed by atoms with Crippen molar-refractivity contribution in [1.29, 1.82) is 0 Å². The van der Waals surface area contributed by atoms with Gasteiger partial charge in [-0.05, 0) is 55.0 Å². The van der Waals surface area contributed by atoms with Crippen LogP contribution in [0, 0.1) is 0 Å². The number of rotatable bonds is 5. The summed E-state index contributed by atoms with van der Waals surface area (Å²) in [6.45, 7) is 1.72. The van der Waals surface area contributed by atoms with Crippen LogP contribution in [0.1, 0.15) is 13.3 Å². The van der Waals surface area contributed by atoms with Gasteiger partial charge >= 0.3 is 5.97 Å². The SMILES string of the molecule is CCC(C(=O)O)P(=O)(c1ccc(Cl)cc1)c1ccc(Cl)cc1. The molecule has 0 amide bonds. The van der Waals surface area contributed by atoms with Crippen LogP contribution in [0.15, 0.2) is 48.5 Å². The number of carboxylic acid groups (broad SMARTS) is 1. The zero-order chi connectivity index (χ0) is 16.3. The lowest BCUT2D eigenvalue weighted by Crippen LogP contribution is -2.31. The number of carbonyl (C=O) groups is 1. The quantitative estimate of drug-likeness (QED) is 0.818. The highest BCUT2D eigenvalue weighted by Gasteiger charge is 2.40. The van der Waals surface area contributed by atoms with Gasteiger partial charge in [0.15, 0.2) is 7.14 Å². The Balaban J connectivity index is 2.68. The van der Waals surface area contributed by atoms with Crippen molar-refractivity contribution in [2.24, 2.45) is 0 Å². The van der Waals surface area contributed by atoms with E-state index in [-0.39, 0.29) is 6.42 Å². The first-order chi connectivity index (χ1) is 10.4. The molecular weight excluding hydrogens is 342 g/mol. The molecule has 0 spiro atoms. The predicted molar refractivity (Wildman–Crippen MR) is 91.5 cm³/mol. The molecule has 0 saturated heterocycles. The smallest absolute Gasteiger partial charge is 0.314 e. The zero-order valence-electron chi connectivity index (χ0n) is 11.9. The molecule has 0 aliphatic carbocycles. The van der Waals surface area contributed by atoms with E-state index >= 15 is 0 Å². The lowest BCUT2D eigenvalue weighted by molar-refractivity contribution is -0.136. The Hall–Kier alpha value is -1.28. The standard InChI is InChI=1S/C16H15Cl2O3P/c1-2-15(16(19)20)22(21,13-7-3-11(17)4-8-13)14-9-5-12(18)6-10-14/h3-10,15H,2H2,1H3,(H,19,20). The van der Waals surface area contributed by atoms with Crippen molar-refractivity contribution in [3.8, 4) is 0 Å². The van der Waals surface area contributed by atoms with Crippen molar-refractivity contribution in [2.75, 3.05) is 0 Å². The van der Waals surface area contributed by atoms with Gasteiger partial charge in [-0.1, -0.05) is 30.1 Å². The summed E-state index contributed by atoms with van der Waals surface area (Å²) < 4.78 is 13.7. The van der Waals surface area contributed by atoms with E-state index in [0.717, 1.165) is 0 Å². The second-order valence-corrected chi connectivity index (χ2v) is 8.72. The summed E-state index contributed by atoms with van der Waals surface area (Å²) in [5.41, 5.74) is -0.991. The summed E-state index contributed by atoms with van der Waals surface area (Å²) in [6, 6.07) is 13.0. The van der Waals surface area contributed by atoms with Crippen molar-refractivity contribution in [3.63, 3.8) is 0 Å². The van der Waals surface area contributed by atoms with Gasteiger partial charge in [0, 0.05) is 20.7 Å². The molecule has 3 nitrogen and oxygen atoms in total. The fourth-order valence-electron chi connectivity index (χ4n) is 2.42. The van der Waals surface area contributed by atoms with Gasteiger partial charge in [-0.3, -0.25) is 4.79 Å². The molecule has 116 valence electrons. The molecule has 0 bridgehead atoms. The maximum Gasteiger partial charge on any atom is 0.314 e. The van der Waals surface area contributed by atoms with E-state index in [1.807, 2.05) is 0 Å². The van der Waals surface area contributed by atoms with Gasteiger partial charge in [0.1, 0.15) is 5.66 Å². The van der Waals surface area contributed by atoms with Crippen LogP contribution in [0.2, 0.25) is 10.0 Å². The molecule has 1 unspecified atom stereocenters. The molecule has 1 N–H and O–H groups in total. The highest BCUT2D eigenvalue weighted by Crippen LogP contribution is 2.50. The number of benzene rings is 2. The lowest BCUT2D eigenvalue weighted by atomic mass is 10.3. The number of hydrogen-bond donors (Lipinski definition) is 1. The maximum atomic E-state index is 13.7. The van der Waals surface area contributed by atoms with Crippen molar-refractivity contribution >= 4 is 46.9 Å². The molecule has 1 atom stereocenters.